The Labute approximate surface area is 93.7 Å². The van der Waals surface area contributed by atoms with E-state index >= 15 is 0 Å². The molecule has 0 saturated heterocycles. The number of unbranched alkanes of at least 4 members (excludes halogenated alkanes) is 2. The first kappa shape index (κ1) is 11.7. The average molecular weight is 222 g/mol. The molecule has 0 atom stereocenters. The molecular formula is C11H14N2OS. The molecule has 3 nitrogen and oxygen atoms in total. The monoisotopic (exact) mass is 222 g/mol. The van der Waals surface area contributed by atoms with Gasteiger partial charge in [-0.15, -0.1) is 11.3 Å². The molecule has 1 aromatic rings. The van der Waals surface area contributed by atoms with E-state index in [-0.39, 0.29) is 5.91 Å². The van der Waals surface area contributed by atoms with Gasteiger partial charge in [0, 0.05) is 6.42 Å². The van der Waals surface area contributed by atoms with Crippen molar-refractivity contribution in [1.29, 1.82) is 5.26 Å². The molecule has 1 rings (SSSR count). The van der Waals surface area contributed by atoms with Crippen LogP contribution in [-0.4, -0.2) is 5.91 Å². The van der Waals surface area contributed by atoms with Crippen molar-refractivity contribution >= 4 is 22.2 Å². The zero-order valence-corrected chi connectivity index (χ0v) is 9.56. The van der Waals surface area contributed by atoms with Crippen molar-refractivity contribution in [2.75, 3.05) is 5.32 Å². The van der Waals surface area contributed by atoms with Crippen LogP contribution in [0.15, 0.2) is 11.4 Å². The third kappa shape index (κ3) is 3.72. The van der Waals surface area contributed by atoms with Crippen LogP contribution in [0.2, 0.25) is 0 Å². The summed E-state index contributed by atoms with van der Waals surface area (Å²) in [5.41, 5.74) is 0.545. The summed E-state index contributed by atoms with van der Waals surface area (Å²) >= 11 is 1.39. The minimum absolute atomic E-state index is 0.00222. The maximum atomic E-state index is 11.4. The number of carbonyl (C=O) groups is 1. The first-order chi connectivity index (χ1) is 7.27. The Balaban J connectivity index is 2.42. The molecule has 0 fully saturated rings. The second-order valence-electron chi connectivity index (χ2n) is 3.28. The lowest BCUT2D eigenvalue weighted by molar-refractivity contribution is -0.116. The maximum absolute atomic E-state index is 11.4. The van der Waals surface area contributed by atoms with Crippen molar-refractivity contribution in [3.8, 4) is 6.07 Å². The van der Waals surface area contributed by atoms with E-state index in [0.29, 0.717) is 17.0 Å². The van der Waals surface area contributed by atoms with E-state index in [9.17, 15) is 4.79 Å². The molecule has 4 heteroatoms. The largest absolute Gasteiger partial charge is 0.317 e. The minimum atomic E-state index is 0.00222. The molecule has 1 amide bonds. The van der Waals surface area contributed by atoms with Gasteiger partial charge in [0.2, 0.25) is 5.91 Å². The van der Waals surface area contributed by atoms with Crippen LogP contribution in [0.3, 0.4) is 0 Å². The predicted molar refractivity (Wildman–Crippen MR) is 61.8 cm³/mol. The Bertz CT molecular complexity index is 365. The minimum Gasteiger partial charge on any atom is -0.317 e. The fourth-order valence-electron chi connectivity index (χ4n) is 1.22. The molecule has 0 spiro atoms. The van der Waals surface area contributed by atoms with Gasteiger partial charge in [-0.2, -0.15) is 5.26 Å². The van der Waals surface area contributed by atoms with Crippen LogP contribution in [0, 0.1) is 11.3 Å². The molecule has 1 N–H and O–H groups in total. The van der Waals surface area contributed by atoms with Gasteiger partial charge in [-0.1, -0.05) is 19.8 Å². The van der Waals surface area contributed by atoms with E-state index < -0.39 is 0 Å². The number of thiophene rings is 1. The lowest BCUT2D eigenvalue weighted by atomic mass is 10.2. The first-order valence-electron chi connectivity index (χ1n) is 5.05. The van der Waals surface area contributed by atoms with Crippen LogP contribution in [0.5, 0.6) is 0 Å². The number of nitriles is 1. The Morgan fingerprint density at radius 2 is 2.40 bits per heavy atom. The smallest absolute Gasteiger partial charge is 0.225 e. The van der Waals surface area contributed by atoms with Gasteiger partial charge in [0.25, 0.3) is 0 Å². The Kier molecular flexibility index (Phi) is 4.85. The molecule has 0 radical (unpaired) electrons. The van der Waals surface area contributed by atoms with Crippen molar-refractivity contribution in [2.45, 2.75) is 32.6 Å². The van der Waals surface area contributed by atoms with Gasteiger partial charge in [0.05, 0.1) is 5.56 Å². The highest BCUT2D eigenvalue weighted by molar-refractivity contribution is 7.14. The molecule has 15 heavy (non-hydrogen) atoms. The van der Waals surface area contributed by atoms with Crippen LogP contribution < -0.4 is 5.32 Å². The lowest BCUT2D eigenvalue weighted by Gasteiger charge is -2.02. The molecule has 0 aliphatic carbocycles. The van der Waals surface area contributed by atoms with Gasteiger partial charge < -0.3 is 5.32 Å². The Hall–Kier alpha value is -1.34. The van der Waals surface area contributed by atoms with E-state index in [2.05, 4.69) is 12.2 Å². The third-order valence-electron chi connectivity index (χ3n) is 2.05. The van der Waals surface area contributed by atoms with Crippen LogP contribution in [-0.2, 0) is 4.79 Å². The molecule has 1 aromatic heterocycles. The van der Waals surface area contributed by atoms with Gasteiger partial charge in [-0.25, -0.2) is 0 Å². The molecule has 0 unspecified atom stereocenters. The molecule has 0 aliphatic heterocycles. The molecule has 0 aromatic carbocycles. The van der Waals surface area contributed by atoms with Crippen molar-refractivity contribution < 1.29 is 4.79 Å². The van der Waals surface area contributed by atoms with E-state index in [0.717, 1.165) is 19.3 Å². The average Bonchev–Trinajstić information content (AvgIpc) is 2.65. The highest BCUT2D eigenvalue weighted by Crippen LogP contribution is 2.22. The number of nitrogens with one attached hydrogen (secondary N) is 1. The topological polar surface area (TPSA) is 52.9 Å². The van der Waals surface area contributed by atoms with Crippen LogP contribution >= 0.6 is 11.3 Å². The van der Waals surface area contributed by atoms with Gasteiger partial charge in [0.1, 0.15) is 11.1 Å². The molecule has 1 heterocycles. The fourth-order valence-corrected chi connectivity index (χ4v) is 1.97. The fraction of sp³-hybridized carbons (Fsp3) is 0.455. The van der Waals surface area contributed by atoms with Crippen molar-refractivity contribution in [1.82, 2.24) is 0 Å². The number of carbonyl (C=O) groups excluding carboxylic acids is 1. The zero-order chi connectivity index (χ0) is 11.1. The summed E-state index contributed by atoms with van der Waals surface area (Å²) in [6.07, 6.45) is 3.63. The SMILES string of the molecule is CCCCCC(=O)Nc1sccc1C#N. The molecule has 0 saturated carbocycles. The number of hydrogen-bond acceptors (Lipinski definition) is 3. The molecule has 0 aliphatic rings. The molecule has 0 bridgehead atoms. The summed E-state index contributed by atoms with van der Waals surface area (Å²) in [6, 6.07) is 3.76. The highest BCUT2D eigenvalue weighted by atomic mass is 32.1. The van der Waals surface area contributed by atoms with Crippen molar-refractivity contribution in [3.63, 3.8) is 0 Å². The number of anilines is 1. The van der Waals surface area contributed by atoms with Crippen LogP contribution in [0.1, 0.15) is 38.2 Å². The van der Waals surface area contributed by atoms with E-state index in [4.69, 9.17) is 5.26 Å². The Morgan fingerprint density at radius 1 is 1.60 bits per heavy atom. The van der Waals surface area contributed by atoms with Gasteiger partial charge in [0.15, 0.2) is 0 Å². The number of nitrogens with zero attached hydrogens (tertiary/aromatic N) is 1. The zero-order valence-electron chi connectivity index (χ0n) is 8.75. The maximum Gasteiger partial charge on any atom is 0.225 e. The van der Waals surface area contributed by atoms with Crippen LogP contribution in [0.25, 0.3) is 0 Å². The second kappa shape index (κ2) is 6.20. The second-order valence-corrected chi connectivity index (χ2v) is 4.20. The summed E-state index contributed by atoms with van der Waals surface area (Å²) in [7, 11) is 0. The quantitative estimate of drug-likeness (QED) is 0.778. The van der Waals surface area contributed by atoms with Gasteiger partial charge in [-0.05, 0) is 17.9 Å². The van der Waals surface area contributed by atoms with Gasteiger partial charge in [-0.3, -0.25) is 4.79 Å². The standard InChI is InChI=1S/C11H14N2OS/c1-2-3-4-5-10(14)13-11-9(8-12)6-7-15-11/h6-7H,2-5H2,1H3,(H,13,14). The third-order valence-corrected chi connectivity index (χ3v) is 2.88. The van der Waals surface area contributed by atoms with Crippen LogP contribution in [0.4, 0.5) is 5.00 Å². The summed E-state index contributed by atoms with van der Waals surface area (Å²) < 4.78 is 0. The number of amides is 1. The summed E-state index contributed by atoms with van der Waals surface area (Å²) in [5.74, 6) is 0.00222. The van der Waals surface area contributed by atoms with Crippen molar-refractivity contribution in [2.24, 2.45) is 0 Å². The summed E-state index contributed by atoms with van der Waals surface area (Å²) in [5, 5.41) is 14.0. The van der Waals surface area contributed by atoms with E-state index in [1.165, 1.54) is 11.3 Å². The highest BCUT2D eigenvalue weighted by Gasteiger charge is 2.07. The predicted octanol–water partition coefficient (Wildman–Crippen LogP) is 3.14. The molecule has 80 valence electrons. The number of rotatable bonds is 5. The van der Waals surface area contributed by atoms with E-state index in [1.54, 1.807) is 11.4 Å². The van der Waals surface area contributed by atoms with Crippen molar-refractivity contribution in [3.05, 3.63) is 17.0 Å². The Morgan fingerprint density at radius 3 is 3.07 bits per heavy atom. The number of hydrogen-bond donors (Lipinski definition) is 1. The van der Waals surface area contributed by atoms with Gasteiger partial charge >= 0.3 is 0 Å². The summed E-state index contributed by atoms with van der Waals surface area (Å²) in [6.45, 7) is 2.10. The normalized spacial score (nSPS) is 9.60. The lowest BCUT2D eigenvalue weighted by Crippen LogP contribution is -2.10. The van der Waals surface area contributed by atoms with E-state index in [1.807, 2.05) is 6.07 Å². The molecular weight excluding hydrogens is 208 g/mol. The first-order valence-corrected chi connectivity index (χ1v) is 5.93. The summed E-state index contributed by atoms with van der Waals surface area (Å²) in [4.78, 5) is 11.4.